The number of aromatic nitrogens is 2. The van der Waals surface area contributed by atoms with E-state index in [2.05, 4.69) is 57.2 Å². The maximum atomic E-state index is 13.2. The van der Waals surface area contributed by atoms with Gasteiger partial charge in [0.25, 0.3) is 0 Å². The molecule has 1 aromatic heterocycles. The molecule has 4 aromatic rings. The lowest BCUT2D eigenvalue weighted by Gasteiger charge is -2.35. The molecule has 1 atom stereocenters. The van der Waals surface area contributed by atoms with Crippen LogP contribution in [0.3, 0.4) is 0 Å². The molecular formula is C26H26N4O. The predicted octanol–water partition coefficient (Wildman–Crippen LogP) is 3.74. The summed E-state index contributed by atoms with van der Waals surface area (Å²) in [7, 11) is 0. The largest absolute Gasteiger partial charge is 0.322 e. The predicted molar refractivity (Wildman–Crippen MR) is 123 cm³/mol. The van der Waals surface area contributed by atoms with Gasteiger partial charge in [-0.2, -0.15) is 0 Å². The average molecular weight is 411 g/mol. The summed E-state index contributed by atoms with van der Waals surface area (Å²) in [5, 5.41) is 3.39. The van der Waals surface area contributed by atoms with E-state index in [0.717, 1.165) is 42.1 Å². The molecule has 1 fully saturated rings. The van der Waals surface area contributed by atoms with Crippen molar-refractivity contribution in [2.24, 2.45) is 0 Å². The Morgan fingerprint density at radius 1 is 0.903 bits per heavy atom. The van der Waals surface area contributed by atoms with Crippen LogP contribution < -0.4 is 5.32 Å². The van der Waals surface area contributed by atoms with Gasteiger partial charge in [0.1, 0.15) is 5.82 Å². The van der Waals surface area contributed by atoms with Crippen LogP contribution in [0.2, 0.25) is 0 Å². The number of para-hydroxylation sites is 2. The zero-order chi connectivity index (χ0) is 21.0. The first-order valence-corrected chi connectivity index (χ1v) is 10.8. The Morgan fingerprint density at radius 2 is 1.61 bits per heavy atom. The van der Waals surface area contributed by atoms with Crippen LogP contribution in [0, 0.1) is 0 Å². The summed E-state index contributed by atoms with van der Waals surface area (Å²) in [5.74, 6) is 1.16. The van der Waals surface area contributed by atoms with E-state index < -0.39 is 0 Å². The molecule has 0 amide bonds. The second-order valence-electron chi connectivity index (χ2n) is 8.01. The van der Waals surface area contributed by atoms with E-state index in [9.17, 15) is 4.79 Å². The van der Waals surface area contributed by atoms with Crippen LogP contribution in [-0.2, 0) is 13.1 Å². The molecular weight excluding hydrogens is 384 g/mol. The number of Topliss-reactive ketones (excluding diaryl/α,β-unsaturated/α-hetero) is 1. The van der Waals surface area contributed by atoms with Crippen LogP contribution in [0.15, 0.2) is 84.9 Å². The quantitative estimate of drug-likeness (QED) is 0.492. The highest BCUT2D eigenvalue weighted by atomic mass is 16.1. The van der Waals surface area contributed by atoms with Gasteiger partial charge < -0.3 is 9.88 Å². The van der Waals surface area contributed by atoms with Gasteiger partial charge in [-0.1, -0.05) is 72.8 Å². The van der Waals surface area contributed by atoms with Crippen molar-refractivity contribution < 1.29 is 4.79 Å². The number of nitrogens with one attached hydrogen (secondary N) is 1. The van der Waals surface area contributed by atoms with E-state index in [1.54, 1.807) is 0 Å². The van der Waals surface area contributed by atoms with Crippen LogP contribution in [0.1, 0.15) is 21.7 Å². The molecule has 0 radical (unpaired) electrons. The molecule has 0 spiro atoms. The molecule has 156 valence electrons. The summed E-state index contributed by atoms with van der Waals surface area (Å²) >= 11 is 0. The van der Waals surface area contributed by atoms with Gasteiger partial charge in [0.2, 0.25) is 0 Å². The van der Waals surface area contributed by atoms with Gasteiger partial charge in [-0.25, -0.2) is 4.98 Å². The normalized spacial score (nSPS) is 17.1. The van der Waals surface area contributed by atoms with Crippen molar-refractivity contribution >= 4 is 16.8 Å². The lowest BCUT2D eigenvalue weighted by Crippen LogP contribution is -2.54. The lowest BCUT2D eigenvalue weighted by atomic mass is 10.0. The number of imidazole rings is 1. The van der Waals surface area contributed by atoms with Gasteiger partial charge >= 0.3 is 0 Å². The van der Waals surface area contributed by atoms with Crippen molar-refractivity contribution in [3.8, 4) is 0 Å². The topological polar surface area (TPSA) is 50.2 Å². The lowest BCUT2D eigenvalue weighted by molar-refractivity contribution is 0.0751. The number of benzene rings is 3. The first kappa shape index (κ1) is 19.7. The molecule has 5 rings (SSSR count). The standard InChI is InChI=1S/C26H26N4O/c31-26(21-11-5-2-6-12-21)24-17-27-15-16-29(24)19-25-28-22-13-7-8-14-23(22)30(25)18-20-9-3-1-4-10-20/h1-14,24,27H,15-19H2. The molecule has 0 bridgehead atoms. The summed E-state index contributed by atoms with van der Waals surface area (Å²) in [5.41, 5.74) is 4.13. The number of hydrogen-bond donors (Lipinski definition) is 1. The number of carbonyl (C=O) groups excluding carboxylic acids is 1. The Labute approximate surface area is 182 Å². The number of ketones is 1. The zero-order valence-electron chi connectivity index (χ0n) is 17.4. The minimum Gasteiger partial charge on any atom is -0.322 e. The third kappa shape index (κ3) is 4.15. The van der Waals surface area contributed by atoms with E-state index in [0.29, 0.717) is 13.1 Å². The summed E-state index contributed by atoms with van der Waals surface area (Å²) in [6.07, 6.45) is 0. The number of fused-ring (bicyclic) bond motifs is 1. The van der Waals surface area contributed by atoms with Gasteiger partial charge in [-0.05, 0) is 17.7 Å². The zero-order valence-corrected chi connectivity index (χ0v) is 17.4. The number of hydrogen-bond acceptors (Lipinski definition) is 4. The third-order valence-corrected chi connectivity index (χ3v) is 5.98. The monoisotopic (exact) mass is 410 g/mol. The molecule has 5 nitrogen and oxygen atoms in total. The van der Waals surface area contributed by atoms with E-state index >= 15 is 0 Å². The first-order valence-electron chi connectivity index (χ1n) is 10.8. The van der Waals surface area contributed by atoms with Crippen LogP contribution in [-0.4, -0.2) is 45.9 Å². The molecule has 0 saturated carbocycles. The van der Waals surface area contributed by atoms with Crippen LogP contribution in [0.4, 0.5) is 0 Å². The number of carbonyl (C=O) groups is 1. The Morgan fingerprint density at radius 3 is 2.42 bits per heavy atom. The molecule has 5 heteroatoms. The minimum atomic E-state index is -0.193. The fourth-order valence-corrected chi connectivity index (χ4v) is 4.36. The summed E-state index contributed by atoms with van der Waals surface area (Å²) in [4.78, 5) is 20.5. The SMILES string of the molecule is O=C(c1ccccc1)C1CNCCN1Cc1nc2ccccc2n1Cc1ccccc1. The van der Waals surface area contributed by atoms with Crippen molar-refractivity contribution in [3.05, 3.63) is 102 Å². The highest BCUT2D eigenvalue weighted by Crippen LogP contribution is 2.21. The molecule has 0 aliphatic carbocycles. The highest BCUT2D eigenvalue weighted by molar-refractivity contribution is 6.00. The molecule has 1 aliphatic heterocycles. The van der Waals surface area contributed by atoms with Gasteiger partial charge in [0.05, 0.1) is 23.6 Å². The third-order valence-electron chi connectivity index (χ3n) is 5.98. The number of rotatable bonds is 6. The van der Waals surface area contributed by atoms with Crippen LogP contribution in [0.25, 0.3) is 11.0 Å². The van der Waals surface area contributed by atoms with Crippen LogP contribution in [0.5, 0.6) is 0 Å². The molecule has 1 unspecified atom stereocenters. The highest BCUT2D eigenvalue weighted by Gasteiger charge is 2.30. The molecule has 1 N–H and O–H groups in total. The Hall–Kier alpha value is -3.28. The second-order valence-corrected chi connectivity index (χ2v) is 8.01. The van der Waals surface area contributed by atoms with E-state index in [1.807, 2.05) is 42.5 Å². The smallest absolute Gasteiger partial charge is 0.181 e. The summed E-state index contributed by atoms with van der Waals surface area (Å²) < 4.78 is 2.29. The Bertz CT molecular complexity index is 1170. The molecule has 1 saturated heterocycles. The molecule has 2 heterocycles. The van der Waals surface area contributed by atoms with Crippen molar-refractivity contribution in [1.82, 2.24) is 19.8 Å². The molecule has 1 aliphatic rings. The van der Waals surface area contributed by atoms with Crippen molar-refractivity contribution in [3.63, 3.8) is 0 Å². The van der Waals surface area contributed by atoms with E-state index in [4.69, 9.17) is 4.98 Å². The minimum absolute atomic E-state index is 0.165. The maximum Gasteiger partial charge on any atom is 0.181 e. The van der Waals surface area contributed by atoms with Crippen LogP contribution >= 0.6 is 0 Å². The Kier molecular flexibility index (Phi) is 5.61. The van der Waals surface area contributed by atoms with Crippen molar-refractivity contribution in [1.29, 1.82) is 0 Å². The van der Waals surface area contributed by atoms with Gasteiger partial charge in [-0.3, -0.25) is 9.69 Å². The van der Waals surface area contributed by atoms with Gasteiger partial charge in [0, 0.05) is 31.7 Å². The van der Waals surface area contributed by atoms with E-state index in [-0.39, 0.29) is 11.8 Å². The van der Waals surface area contributed by atoms with Gasteiger partial charge in [0.15, 0.2) is 5.78 Å². The first-order chi connectivity index (χ1) is 15.3. The summed E-state index contributed by atoms with van der Waals surface area (Å²) in [6, 6.07) is 28.1. The average Bonchev–Trinajstić information content (AvgIpc) is 3.17. The fraction of sp³-hybridized carbons (Fsp3) is 0.231. The summed E-state index contributed by atoms with van der Waals surface area (Å²) in [6.45, 7) is 3.76. The van der Waals surface area contributed by atoms with Crippen molar-refractivity contribution in [2.45, 2.75) is 19.1 Å². The molecule has 3 aromatic carbocycles. The van der Waals surface area contributed by atoms with Gasteiger partial charge in [-0.15, -0.1) is 0 Å². The Balaban J connectivity index is 1.47. The second kappa shape index (κ2) is 8.84. The molecule has 31 heavy (non-hydrogen) atoms. The maximum absolute atomic E-state index is 13.2. The number of nitrogens with zero attached hydrogens (tertiary/aromatic N) is 3. The number of piperazine rings is 1. The van der Waals surface area contributed by atoms with E-state index in [1.165, 1.54) is 5.56 Å². The van der Waals surface area contributed by atoms with Crippen molar-refractivity contribution in [2.75, 3.05) is 19.6 Å². The fourth-order valence-electron chi connectivity index (χ4n) is 4.36.